The molecule has 1 aliphatic carbocycles. The number of nitriles is 2. The summed E-state index contributed by atoms with van der Waals surface area (Å²) in [6, 6.07) is 13.4. The predicted octanol–water partition coefficient (Wildman–Crippen LogP) is 4.52. The van der Waals surface area contributed by atoms with Gasteiger partial charge in [0, 0.05) is 51.5 Å². The Labute approximate surface area is 243 Å². The molecule has 2 aliphatic heterocycles. The molecule has 0 spiro atoms. The fourth-order valence-electron chi connectivity index (χ4n) is 6.65. The van der Waals surface area contributed by atoms with Crippen molar-refractivity contribution >= 4 is 23.4 Å². The lowest BCUT2D eigenvalue weighted by Gasteiger charge is -2.40. The largest absolute Gasteiger partial charge is 0.350 e. The number of urea groups is 1. The summed E-state index contributed by atoms with van der Waals surface area (Å²) in [5.41, 5.74) is 1.59. The van der Waals surface area contributed by atoms with Gasteiger partial charge in [-0.05, 0) is 63.1 Å². The molecule has 1 aromatic heterocycles. The Morgan fingerprint density at radius 2 is 1.76 bits per heavy atom. The minimum absolute atomic E-state index is 0.0162. The van der Waals surface area contributed by atoms with E-state index in [2.05, 4.69) is 44.5 Å². The number of nitrogens with zero attached hydrogens (tertiary/aromatic N) is 7. The van der Waals surface area contributed by atoms with Crippen LogP contribution in [0.5, 0.6) is 0 Å². The molecule has 0 bridgehead atoms. The van der Waals surface area contributed by atoms with Crippen molar-refractivity contribution in [3.05, 3.63) is 41.7 Å². The SMILES string of the molecule is CC1C(NC(=O)N(C)C)CCCN1c1cnc(C#N)c(Nc2ccc(C3(C#N)CCN(C4CCCC4)CC3)cc2)n1. The van der Waals surface area contributed by atoms with Crippen molar-refractivity contribution in [2.75, 3.05) is 43.9 Å². The lowest BCUT2D eigenvalue weighted by atomic mass is 9.73. The normalized spacial score (nSPS) is 22.9. The highest BCUT2D eigenvalue weighted by Crippen LogP contribution is 2.38. The summed E-state index contributed by atoms with van der Waals surface area (Å²) in [6.45, 7) is 4.81. The molecule has 5 rings (SSSR count). The first-order chi connectivity index (χ1) is 19.8. The average Bonchev–Trinajstić information content (AvgIpc) is 3.54. The number of anilines is 3. The van der Waals surface area contributed by atoms with E-state index in [0.29, 0.717) is 17.7 Å². The topological polar surface area (TPSA) is 124 Å². The van der Waals surface area contributed by atoms with Crippen LogP contribution in [0.1, 0.15) is 69.5 Å². The lowest BCUT2D eigenvalue weighted by molar-refractivity contribution is 0.135. The van der Waals surface area contributed by atoms with Crippen LogP contribution < -0.4 is 15.5 Å². The molecule has 2 amide bonds. The van der Waals surface area contributed by atoms with Crippen LogP contribution in [0.25, 0.3) is 0 Å². The van der Waals surface area contributed by atoms with Gasteiger partial charge in [-0.25, -0.2) is 14.8 Å². The number of benzene rings is 1. The molecule has 216 valence electrons. The van der Waals surface area contributed by atoms with E-state index in [9.17, 15) is 15.3 Å². The Morgan fingerprint density at radius 1 is 1.05 bits per heavy atom. The number of amides is 2. The highest BCUT2D eigenvalue weighted by Gasteiger charge is 2.38. The van der Waals surface area contributed by atoms with Gasteiger partial charge >= 0.3 is 6.03 Å². The number of aromatic nitrogens is 2. The molecule has 10 heteroatoms. The van der Waals surface area contributed by atoms with Crippen LogP contribution in [0.3, 0.4) is 0 Å². The Balaban J connectivity index is 1.29. The molecule has 3 aliphatic rings. The second kappa shape index (κ2) is 12.3. The Bertz CT molecular complexity index is 1300. The molecule has 2 saturated heterocycles. The van der Waals surface area contributed by atoms with Gasteiger partial charge in [0.05, 0.1) is 23.7 Å². The molecular formula is C31H41N9O. The second-order valence-electron chi connectivity index (χ2n) is 11.9. The highest BCUT2D eigenvalue weighted by molar-refractivity contribution is 5.74. The maximum absolute atomic E-state index is 12.3. The summed E-state index contributed by atoms with van der Waals surface area (Å²) in [5, 5.41) is 26.3. The maximum atomic E-state index is 12.3. The van der Waals surface area contributed by atoms with Gasteiger partial charge < -0.3 is 25.3 Å². The van der Waals surface area contributed by atoms with Crippen LogP contribution in [-0.4, -0.2) is 77.7 Å². The number of piperidine rings is 2. The Morgan fingerprint density at radius 3 is 2.39 bits per heavy atom. The fraction of sp³-hybridized carbons (Fsp3) is 0.581. The maximum Gasteiger partial charge on any atom is 0.317 e. The van der Waals surface area contributed by atoms with Crippen molar-refractivity contribution in [1.82, 2.24) is 25.1 Å². The summed E-state index contributed by atoms with van der Waals surface area (Å²) in [7, 11) is 3.47. The van der Waals surface area contributed by atoms with Gasteiger partial charge in [0.1, 0.15) is 11.9 Å². The van der Waals surface area contributed by atoms with Crippen LogP contribution >= 0.6 is 0 Å². The van der Waals surface area contributed by atoms with Crippen molar-refractivity contribution in [2.24, 2.45) is 0 Å². The number of likely N-dealkylation sites (tertiary alicyclic amines) is 1. The van der Waals surface area contributed by atoms with Gasteiger partial charge in [-0.15, -0.1) is 0 Å². The minimum atomic E-state index is -0.464. The van der Waals surface area contributed by atoms with Crippen molar-refractivity contribution < 1.29 is 4.79 Å². The summed E-state index contributed by atoms with van der Waals surface area (Å²) in [4.78, 5) is 27.7. The van der Waals surface area contributed by atoms with E-state index < -0.39 is 5.41 Å². The highest BCUT2D eigenvalue weighted by atomic mass is 16.2. The summed E-state index contributed by atoms with van der Waals surface area (Å²) < 4.78 is 0. The van der Waals surface area contributed by atoms with Crippen LogP contribution in [0.2, 0.25) is 0 Å². The van der Waals surface area contributed by atoms with Crippen LogP contribution in [0.4, 0.5) is 22.1 Å². The Hall–Kier alpha value is -3.89. The molecule has 3 fully saturated rings. The third-order valence-corrected chi connectivity index (χ3v) is 9.27. The zero-order valence-electron chi connectivity index (χ0n) is 24.4. The first-order valence-electron chi connectivity index (χ1n) is 14.9. The number of carbonyl (C=O) groups is 1. The van der Waals surface area contributed by atoms with Crippen LogP contribution in [0.15, 0.2) is 30.5 Å². The van der Waals surface area contributed by atoms with E-state index in [1.54, 1.807) is 20.3 Å². The van der Waals surface area contributed by atoms with E-state index >= 15 is 0 Å². The van der Waals surface area contributed by atoms with Crippen LogP contribution in [-0.2, 0) is 5.41 Å². The van der Waals surface area contributed by atoms with E-state index in [0.717, 1.165) is 56.6 Å². The molecule has 2 aromatic rings. The number of hydrogen-bond acceptors (Lipinski definition) is 8. The van der Waals surface area contributed by atoms with Gasteiger partial charge in [0.15, 0.2) is 11.5 Å². The fourth-order valence-corrected chi connectivity index (χ4v) is 6.65. The molecule has 41 heavy (non-hydrogen) atoms. The van der Waals surface area contributed by atoms with E-state index in [-0.39, 0.29) is 23.8 Å². The third-order valence-electron chi connectivity index (χ3n) is 9.27. The average molecular weight is 556 g/mol. The zero-order chi connectivity index (χ0) is 29.0. The minimum Gasteiger partial charge on any atom is -0.350 e. The molecule has 3 heterocycles. The zero-order valence-corrected chi connectivity index (χ0v) is 24.4. The monoisotopic (exact) mass is 555 g/mol. The molecule has 0 radical (unpaired) electrons. The molecule has 10 nitrogen and oxygen atoms in total. The van der Waals surface area contributed by atoms with E-state index in [4.69, 9.17) is 4.98 Å². The summed E-state index contributed by atoms with van der Waals surface area (Å²) >= 11 is 0. The second-order valence-corrected chi connectivity index (χ2v) is 11.9. The number of hydrogen-bond donors (Lipinski definition) is 2. The number of rotatable bonds is 6. The first kappa shape index (κ1) is 28.6. The van der Waals surface area contributed by atoms with E-state index in [1.165, 1.54) is 30.6 Å². The quantitative estimate of drug-likeness (QED) is 0.533. The summed E-state index contributed by atoms with van der Waals surface area (Å²) in [5.74, 6) is 1.06. The summed E-state index contributed by atoms with van der Waals surface area (Å²) in [6.07, 6.45) is 10.4. The third kappa shape index (κ3) is 6.08. The predicted molar refractivity (Wildman–Crippen MR) is 159 cm³/mol. The van der Waals surface area contributed by atoms with Gasteiger partial charge in [-0.1, -0.05) is 25.0 Å². The van der Waals surface area contributed by atoms with Gasteiger partial charge in [-0.3, -0.25) is 0 Å². The van der Waals surface area contributed by atoms with Gasteiger partial charge in [0.25, 0.3) is 0 Å². The number of carbonyl (C=O) groups excluding carboxylic acids is 1. The van der Waals surface area contributed by atoms with Crippen molar-refractivity contribution in [3.63, 3.8) is 0 Å². The molecular weight excluding hydrogens is 514 g/mol. The first-order valence-corrected chi connectivity index (χ1v) is 14.9. The van der Waals surface area contributed by atoms with Crippen molar-refractivity contribution in [2.45, 2.75) is 81.8 Å². The standard InChI is InChI=1S/C31H41N9O/c1-22-26(36-30(41)38(2)3)9-6-16-40(22)28-20-34-27(19-32)29(37-28)35-24-12-10-23(11-13-24)31(21-33)14-17-39(18-15-31)25-7-4-5-8-25/h10-13,20,22,25-26H,4-9,14-18H2,1-3H3,(H,35,37)(H,36,41). The van der Waals surface area contributed by atoms with Gasteiger partial charge in [-0.2, -0.15) is 10.5 Å². The lowest BCUT2D eigenvalue weighted by Crippen LogP contribution is -2.56. The smallest absolute Gasteiger partial charge is 0.317 e. The Kier molecular flexibility index (Phi) is 8.60. The molecule has 2 atom stereocenters. The van der Waals surface area contributed by atoms with E-state index in [1.807, 2.05) is 24.3 Å². The number of nitrogens with one attached hydrogen (secondary N) is 2. The molecule has 1 saturated carbocycles. The van der Waals surface area contributed by atoms with Crippen LogP contribution in [0, 0.1) is 22.7 Å². The van der Waals surface area contributed by atoms with Gasteiger partial charge in [0.2, 0.25) is 0 Å². The molecule has 1 aromatic carbocycles. The van der Waals surface area contributed by atoms with Crippen molar-refractivity contribution in [3.8, 4) is 12.1 Å². The molecule has 2 N–H and O–H groups in total. The molecule has 2 unspecified atom stereocenters. The van der Waals surface area contributed by atoms with Crippen molar-refractivity contribution in [1.29, 1.82) is 10.5 Å².